The van der Waals surface area contributed by atoms with Crippen molar-refractivity contribution in [1.82, 2.24) is 5.12 Å². The summed E-state index contributed by atoms with van der Waals surface area (Å²) in [4.78, 5) is 0. The van der Waals surface area contributed by atoms with E-state index in [1.54, 1.807) is 0 Å². The number of hydrogen-bond donors (Lipinski definition) is 0. The van der Waals surface area contributed by atoms with Crippen LogP contribution in [0.2, 0.25) is 0 Å². The third-order valence-corrected chi connectivity index (χ3v) is 6.63. The van der Waals surface area contributed by atoms with Crippen molar-refractivity contribution in [2.45, 2.75) is 13.1 Å². The molecule has 0 saturated heterocycles. The second-order valence-corrected chi connectivity index (χ2v) is 8.34. The molecule has 3 heteroatoms. The molecule has 2 aliphatic rings. The Bertz CT molecular complexity index is 1470. The van der Waals surface area contributed by atoms with E-state index in [-0.39, 0.29) is 0 Å². The van der Waals surface area contributed by atoms with Gasteiger partial charge in [0, 0.05) is 0 Å². The molecule has 0 saturated carbocycles. The van der Waals surface area contributed by atoms with E-state index in [0.29, 0.717) is 0 Å². The zero-order chi connectivity index (χ0) is 20.4. The Morgan fingerprint density at radius 3 is 2.16 bits per heavy atom. The van der Waals surface area contributed by atoms with Crippen LogP contribution >= 0.6 is 0 Å². The van der Waals surface area contributed by atoms with Crippen LogP contribution in [0.5, 0.6) is 0 Å². The molecule has 5 aromatic carbocycles. The highest BCUT2D eigenvalue weighted by molar-refractivity contribution is 5.91. The molecular formula is C28H21N3. The van der Waals surface area contributed by atoms with Gasteiger partial charge in [-0.05, 0) is 56.9 Å². The maximum atomic E-state index is 2.43. The Morgan fingerprint density at radius 1 is 0.548 bits per heavy atom. The summed E-state index contributed by atoms with van der Waals surface area (Å²) in [5, 5.41) is 12.4. The quantitative estimate of drug-likeness (QED) is 0.307. The van der Waals surface area contributed by atoms with Gasteiger partial charge in [-0.3, -0.25) is 10.0 Å². The van der Waals surface area contributed by atoms with Crippen LogP contribution < -0.4 is 10.0 Å². The van der Waals surface area contributed by atoms with Crippen molar-refractivity contribution in [3.63, 3.8) is 0 Å². The van der Waals surface area contributed by atoms with Gasteiger partial charge < -0.3 is 0 Å². The summed E-state index contributed by atoms with van der Waals surface area (Å²) in [7, 11) is 0. The molecule has 0 amide bonds. The van der Waals surface area contributed by atoms with Gasteiger partial charge in [0.25, 0.3) is 0 Å². The average Bonchev–Trinajstić information content (AvgIpc) is 3.16. The highest BCUT2D eigenvalue weighted by atomic mass is 15.9. The van der Waals surface area contributed by atoms with E-state index >= 15 is 0 Å². The number of para-hydroxylation sites is 2. The van der Waals surface area contributed by atoms with Crippen LogP contribution in [0.1, 0.15) is 11.1 Å². The summed E-state index contributed by atoms with van der Waals surface area (Å²) in [6, 6.07) is 37.4. The van der Waals surface area contributed by atoms with E-state index in [1.807, 2.05) is 0 Å². The summed E-state index contributed by atoms with van der Waals surface area (Å²) in [5.74, 6) is 0. The maximum absolute atomic E-state index is 2.43. The van der Waals surface area contributed by atoms with Crippen LogP contribution in [0.3, 0.4) is 0 Å². The van der Waals surface area contributed by atoms with Crippen LogP contribution in [0, 0.1) is 0 Å². The smallest absolute Gasteiger partial charge is 0.0846 e. The zero-order valence-corrected chi connectivity index (χ0v) is 17.1. The molecule has 0 atom stereocenters. The van der Waals surface area contributed by atoms with E-state index in [9.17, 15) is 0 Å². The third kappa shape index (κ3) is 2.44. The fourth-order valence-electron chi connectivity index (χ4n) is 5.14. The number of anilines is 3. The van der Waals surface area contributed by atoms with Crippen LogP contribution in [-0.2, 0) is 13.1 Å². The standard InChI is InChI=1S/C28H21N3/c1-2-9-22-17-24(16-15-20(22)7-1)31-28-12-6-5-11-27(28)29-19-26-23(18-30(29)31)14-13-21-8-3-4-10-25(21)26/h1-17H,18-19H2. The highest BCUT2D eigenvalue weighted by Gasteiger charge is 2.38. The van der Waals surface area contributed by atoms with Gasteiger partial charge in [0.2, 0.25) is 0 Å². The molecule has 0 fully saturated rings. The third-order valence-electron chi connectivity index (χ3n) is 6.63. The summed E-state index contributed by atoms with van der Waals surface area (Å²) in [6.07, 6.45) is 0. The van der Waals surface area contributed by atoms with Crippen molar-refractivity contribution >= 4 is 38.6 Å². The first-order valence-electron chi connectivity index (χ1n) is 10.8. The predicted octanol–water partition coefficient (Wildman–Crippen LogP) is 6.80. The van der Waals surface area contributed by atoms with Crippen LogP contribution in [0.4, 0.5) is 17.1 Å². The van der Waals surface area contributed by atoms with Gasteiger partial charge in [0.15, 0.2) is 0 Å². The second kappa shape index (κ2) is 6.34. The Morgan fingerprint density at radius 2 is 1.26 bits per heavy atom. The minimum Gasteiger partial charge on any atom is -0.281 e. The normalized spacial score (nSPS) is 15.2. The summed E-state index contributed by atoms with van der Waals surface area (Å²) in [6.45, 7) is 1.72. The lowest BCUT2D eigenvalue weighted by Crippen LogP contribution is -2.48. The summed E-state index contributed by atoms with van der Waals surface area (Å²) in [5.41, 5.74) is 6.51. The van der Waals surface area contributed by atoms with Gasteiger partial charge in [-0.1, -0.05) is 78.9 Å². The van der Waals surface area contributed by atoms with Crippen LogP contribution in [0.15, 0.2) is 103 Å². The fraction of sp³-hybridized carbons (Fsp3) is 0.0714. The Kier molecular flexibility index (Phi) is 3.46. The monoisotopic (exact) mass is 399 g/mol. The molecule has 31 heavy (non-hydrogen) atoms. The minimum absolute atomic E-state index is 0.849. The SMILES string of the molecule is c1ccc2c(c1)N1Cc3c(ccc4ccccc34)CN1N2c1ccc2ccccc2c1. The molecule has 2 heterocycles. The Labute approximate surface area is 181 Å². The molecule has 148 valence electrons. The molecular weight excluding hydrogens is 378 g/mol. The molecule has 0 radical (unpaired) electrons. The Hall–Kier alpha value is -3.82. The lowest BCUT2D eigenvalue weighted by Gasteiger charge is -2.40. The fourth-order valence-corrected chi connectivity index (χ4v) is 5.14. The number of rotatable bonds is 1. The van der Waals surface area contributed by atoms with E-state index in [4.69, 9.17) is 0 Å². The molecule has 0 spiro atoms. The van der Waals surface area contributed by atoms with E-state index < -0.39 is 0 Å². The Balaban J connectivity index is 1.41. The van der Waals surface area contributed by atoms with Crippen molar-refractivity contribution in [3.05, 3.63) is 114 Å². The second-order valence-electron chi connectivity index (χ2n) is 8.34. The van der Waals surface area contributed by atoms with Gasteiger partial charge in [-0.25, -0.2) is 0 Å². The van der Waals surface area contributed by atoms with Gasteiger partial charge in [0.05, 0.1) is 30.2 Å². The number of nitrogens with zero attached hydrogens (tertiary/aromatic N) is 3. The highest BCUT2D eigenvalue weighted by Crippen LogP contribution is 2.47. The molecule has 0 unspecified atom stereocenters. The number of hydrogen-bond acceptors (Lipinski definition) is 3. The van der Waals surface area contributed by atoms with Crippen molar-refractivity contribution in [2.24, 2.45) is 0 Å². The predicted molar refractivity (Wildman–Crippen MR) is 128 cm³/mol. The largest absolute Gasteiger partial charge is 0.281 e. The van der Waals surface area contributed by atoms with Crippen LogP contribution in [0.25, 0.3) is 21.5 Å². The molecule has 3 nitrogen and oxygen atoms in total. The lowest BCUT2D eigenvalue weighted by atomic mass is 9.97. The van der Waals surface area contributed by atoms with Gasteiger partial charge in [0.1, 0.15) is 0 Å². The molecule has 0 aliphatic carbocycles. The van der Waals surface area contributed by atoms with E-state index in [2.05, 4.69) is 118 Å². The summed E-state index contributed by atoms with van der Waals surface area (Å²) >= 11 is 0. The average molecular weight is 399 g/mol. The lowest BCUT2D eigenvalue weighted by molar-refractivity contribution is 0.244. The van der Waals surface area contributed by atoms with Gasteiger partial charge >= 0.3 is 0 Å². The van der Waals surface area contributed by atoms with Crippen molar-refractivity contribution in [3.8, 4) is 0 Å². The van der Waals surface area contributed by atoms with Crippen LogP contribution in [-0.4, -0.2) is 5.12 Å². The topological polar surface area (TPSA) is 9.72 Å². The number of fused-ring (bicyclic) bond motifs is 7. The zero-order valence-electron chi connectivity index (χ0n) is 17.1. The van der Waals surface area contributed by atoms with Gasteiger partial charge in [-0.2, -0.15) is 0 Å². The summed E-state index contributed by atoms with van der Waals surface area (Å²) < 4.78 is 0. The molecule has 0 N–H and O–H groups in total. The molecule has 0 bridgehead atoms. The molecule has 5 aromatic rings. The number of benzene rings is 5. The van der Waals surface area contributed by atoms with Gasteiger partial charge in [-0.15, -0.1) is 5.12 Å². The molecule has 0 aromatic heterocycles. The minimum atomic E-state index is 0.849. The molecule has 7 rings (SSSR count). The van der Waals surface area contributed by atoms with Crippen molar-refractivity contribution < 1.29 is 0 Å². The van der Waals surface area contributed by atoms with E-state index in [1.165, 1.54) is 49.7 Å². The maximum Gasteiger partial charge on any atom is 0.0846 e. The first-order valence-corrected chi connectivity index (χ1v) is 10.8. The van der Waals surface area contributed by atoms with E-state index in [0.717, 1.165) is 13.1 Å². The number of hydrazine groups is 2. The molecule has 2 aliphatic heterocycles. The first kappa shape index (κ1) is 16.9. The first-order chi connectivity index (χ1) is 15.4. The van der Waals surface area contributed by atoms with Crippen molar-refractivity contribution in [2.75, 3.05) is 10.0 Å². The van der Waals surface area contributed by atoms with Crippen molar-refractivity contribution in [1.29, 1.82) is 0 Å².